The number of carbonyl (C=O) groups excluding carboxylic acids is 2. The Morgan fingerprint density at radius 3 is 2.71 bits per heavy atom. The number of nitrogens with zero attached hydrogens (tertiary/aromatic N) is 2. The molecule has 1 aliphatic heterocycles. The zero-order valence-electron chi connectivity index (χ0n) is 17.0. The number of hydrogen-bond acceptors (Lipinski definition) is 6. The topological polar surface area (TPSA) is 92.2 Å². The highest BCUT2D eigenvalue weighted by molar-refractivity contribution is 8.15. The number of methoxy groups -OCH3 is 1. The fraction of sp³-hybridized carbons (Fsp3) is 0.238. The molecule has 0 spiro atoms. The summed E-state index contributed by atoms with van der Waals surface area (Å²) in [6, 6.07) is 9.18. The van der Waals surface area contributed by atoms with Gasteiger partial charge in [0.2, 0.25) is 11.8 Å². The average molecular weight is 463 g/mol. The van der Waals surface area contributed by atoms with Crippen molar-refractivity contribution in [2.24, 2.45) is 10.2 Å². The molecule has 10 heteroatoms. The summed E-state index contributed by atoms with van der Waals surface area (Å²) in [6.07, 6.45) is -0.0546. The van der Waals surface area contributed by atoms with E-state index in [1.807, 2.05) is 6.92 Å². The van der Waals surface area contributed by atoms with Gasteiger partial charge in [-0.3, -0.25) is 9.59 Å². The summed E-state index contributed by atoms with van der Waals surface area (Å²) in [7, 11) is 1.48. The maximum absolute atomic E-state index is 13.0. The smallest absolute Gasteiger partial charge is 0.240 e. The lowest BCUT2D eigenvalue weighted by Crippen LogP contribution is -2.28. The molecule has 2 aromatic rings. The number of carbonyl (C=O) groups is 2. The first-order valence-electron chi connectivity index (χ1n) is 9.26. The number of hydrogen-bond donors (Lipinski definition) is 2. The molecule has 0 aromatic heterocycles. The molecule has 1 aliphatic rings. The fourth-order valence-corrected chi connectivity index (χ4v) is 3.83. The monoisotopic (exact) mass is 462 g/mol. The van der Waals surface area contributed by atoms with Crippen LogP contribution in [-0.2, 0) is 9.59 Å². The number of rotatable bonds is 6. The molecule has 1 heterocycles. The average Bonchev–Trinajstić information content (AvgIpc) is 3.08. The van der Waals surface area contributed by atoms with Crippen molar-refractivity contribution in [1.29, 1.82) is 0 Å². The van der Waals surface area contributed by atoms with Gasteiger partial charge in [0.25, 0.3) is 0 Å². The summed E-state index contributed by atoms with van der Waals surface area (Å²) < 4.78 is 18.3. The normalized spacial score (nSPS) is 17.6. The van der Waals surface area contributed by atoms with E-state index in [0.29, 0.717) is 32.9 Å². The van der Waals surface area contributed by atoms with Gasteiger partial charge in [0.05, 0.1) is 18.5 Å². The molecule has 0 saturated carbocycles. The van der Waals surface area contributed by atoms with E-state index in [-0.39, 0.29) is 24.1 Å². The highest BCUT2D eigenvalue weighted by Crippen LogP contribution is 2.31. The van der Waals surface area contributed by atoms with Crippen molar-refractivity contribution < 1.29 is 18.7 Å². The SMILES string of the molecule is COc1cc(Cl)c(C)cc1NC(=O)CC1S/C(=N/N=C(/C)c2ccc(F)cc2)NC1=O. The Morgan fingerprint density at radius 2 is 2.03 bits per heavy atom. The summed E-state index contributed by atoms with van der Waals surface area (Å²) in [4.78, 5) is 24.7. The fourth-order valence-electron chi connectivity index (χ4n) is 2.76. The number of thioether (sulfide) groups is 1. The lowest BCUT2D eigenvalue weighted by Gasteiger charge is -2.13. The molecule has 1 atom stereocenters. The van der Waals surface area contributed by atoms with Gasteiger partial charge in [0.1, 0.15) is 16.8 Å². The van der Waals surface area contributed by atoms with Gasteiger partial charge in [-0.25, -0.2) is 4.39 Å². The minimum Gasteiger partial charge on any atom is -0.495 e. The zero-order valence-corrected chi connectivity index (χ0v) is 18.6. The second kappa shape index (κ2) is 9.93. The first-order chi connectivity index (χ1) is 14.8. The van der Waals surface area contributed by atoms with Crippen molar-refractivity contribution in [3.8, 4) is 5.75 Å². The van der Waals surface area contributed by atoms with Crippen LogP contribution in [0.4, 0.5) is 10.1 Å². The van der Waals surface area contributed by atoms with Crippen molar-refractivity contribution >= 4 is 51.7 Å². The van der Waals surface area contributed by atoms with Crippen molar-refractivity contribution in [1.82, 2.24) is 5.32 Å². The Hall–Kier alpha value is -2.91. The Kier molecular flexibility index (Phi) is 7.29. The second-order valence-electron chi connectivity index (χ2n) is 6.75. The third-order valence-electron chi connectivity index (χ3n) is 4.45. The quantitative estimate of drug-likeness (QED) is 0.498. The Labute approximate surface area is 188 Å². The van der Waals surface area contributed by atoms with E-state index in [4.69, 9.17) is 16.3 Å². The van der Waals surface area contributed by atoms with E-state index >= 15 is 0 Å². The van der Waals surface area contributed by atoms with Crippen LogP contribution in [0.5, 0.6) is 5.75 Å². The van der Waals surface area contributed by atoms with Crippen LogP contribution < -0.4 is 15.4 Å². The maximum Gasteiger partial charge on any atom is 0.240 e. The molecule has 1 unspecified atom stereocenters. The lowest BCUT2D eigenvalue weighted by molar-refractivity contribution is -0.122. The second-order valence-corrected chi connectivity index (χ2v) is 8.35. The number of aryl methyl sites for hydroxylation is 1. The minimum absolute atomic E-state index is 0.0546. The maximum atomic E-state index is 13.0. The summed E-state index contributed by atoms with van der Waals surface area (Å²) in [5.74, 6) is -0.581. The van der Waals surface area contributed by atoms with Gasteiger partial charge in [0, 0.05) is 17.5 Å². The molecule has 1 fully saturated rings. The number of halogens is 2. The number of amides is 2. The van der Waals surface area contributed by atoms with E-state index in [0.717, 1.165) is 17.3 Å². The Bertz CT molecular complexity index is 1070. The molecule has 7 nitrogen and oxygen atoms in total. The number of ether oxygens (including phenoxy) is 1. The summed E-state index contributed by atoms with van der Waals surface area (Å²) in [6.45, 7) is 3.54. The standard InChI is InChI=1S/C21H20ClFN4O3S/c1-11-8-16(17(30-3)9-15(11)22)24-19(28)10-18-20(29)25-21(31-18)27-26-12(2)13-4-6-14(23)7-5-13/h4-9,18H,10H2,1-3H3,(H,24,28)(H,25,27,29)/b26-12-. The van der Waals surface area contributed by atoms with Crippen LogP contribution >= 0.6 is 23.4 Å². The molecule has 0 aliphatic carbocycles. The van der Waals surface area contributed by atoms with Crippen molar-refractivity contribution in [3.05, 3.63) is 58.4 Å². The van der Waals surface area contributed by atoms with Crippen molar-refractivity contribution in [3.63, 3.8) is 0 Å². The van der Waals surface area contributed by atoms with Gasteiger partial charge >= 0.3 is 0 Å². The van der Waals surface area contributed by atoms with Crippen LogP contribution in [0.1, 0.15) is 24.5 Å². The van der Waals surface area contributed by atoms with E-state index in [9.17, 15) is 14.0 Å². The van der Waals surface area contributed by atoms with E-state index in [2.05, 4.69) is 20.8 Å². The molecule has 0 radical (unpaired) electrons. The Balaban J connectivity index is 1.63. The highest BCUT2D eigenvalue weighted by atomic mass is 35.5. The van der Waals surface area contributed by atoms with Gasteiger partial charge in [-0.05, 0) is 43.2 Å². The third kappa shape index (κ3) is 5.83. The Morgan fingerprint density at radius 1 is 1.32 bits per heavy atom. The highest BCUT2D eigenvalue weighted by Gasteiger charge is 2.32. The summed E-state index contributed by atoms with van der Waals surface area (Å²) in [5.41, 5.74) is 2.54. The molecule has 1 saturated heterocycles. The summed E-state index contributed by atoms with van der Waals surface area (Å²) in [5, 5.41) is 13.7. The van der Waals surface area contributed by atoms with E-state index < -0.39 is 5.25 Å². The largest absolute Gasteiger partial charge is 0.495 e. The predicted octanol–water partition coefficient (Wildman–Crippen LogP) is 4.14. The van der Waals surface area contributed by atoms with Crippen LogP contribution in [0.25, 0.3) is 0 Å². The van der Waals surface area contributed by atoms with Gasteiger partial charge < -0.3 is 15.4 Å². The molecule has 162 valence electrons. The van der Waals surface area contributed by atoms with E-state index in [1.165, 1.54) is 19.2 Å². The first kappa shape index (κ1) is 22.8. The molecule has 31 heavy (non-hydrogen) atoms. The van der Waals surface area contributed by atoms with Crippen molar-refractivity contribution in [2.75, 3.05) is 12.4 Å². The van der Waals surface area contributed by atoms with Crippen LogP contribution in [0.3, 0.4) is 0 Å². The number of benzene rings is 2. The third-order valence-corrected chi connectivity index (χ3v) is 5.93. The molecule has 2 N–H and O–H groups in total. The molecular weight excluding hydrogens is 443 g/mol. The predicted molar refractivity (Wildman–Crippen MR) is 122 cm³/mol. The van der Waals surface area contributed by atoms with Gasteiger partial charge in [0.15, 0.2) is 5.17 Å². The lowest BCUT2D eigenvalue weighted by atomic mass is 10.1. The van der Waals surface area contributed by atoms with Crippen LogP contribution in [0.15, 0.2) is 46.6 Å². The number of amidine groups is 1. The van der Waals surface area contributed by atoms with Crippen LogP contribution in [0, 0.1) is 12.7 Å². The minimum atomic E-state index is -0.639. The zero-order chi connectivity index (χ0) is 22.5. The molecule has 2 amide bonds. The van der Waals surface area contributed by atoms with Crippen molar-refractivity contribution in [2.45, 2.75) is 25.5 Å². The molecule has 0 bridgehead atoms. The van der Waals surface area contributed by atoms with Gasteiger partial charge in [-0.15, -0.1) is 5.10 Å². The molecule has 2 aromatic carbocycles. The summed E-state index contributed by atoms with van der Waals surface area (Å²) >= 11 is 7.20. The molecular formula is C21H20ClFN4O3S. The van der Waals surface area contributed by atoms with Crippen LogP contribution in [-0.4, -0.2) is 35.1 Å². The van der Waals surface area contributed by atoms with Gasteiger partial charge in [-0.2, -0.15) is 5.10 Å². The molecule has 3 rings (SSSR count). The van der Waals surface area contributed by atoms with E-state index in [1.54, 1.807) is 31.2 Å². The van der Waals surface area contributed by atoms with Gasteiger partial charge in [-0.1, -0.05) is 35.5 Å². The number of anilines is 1. The number of nitrogens with one attached hydrogen (secondary N) is 2. The first-order valence-corrected chi connectivity index (χ1v) is 10.5. The van der Waals surface area contributed by atoms with Crippen LogP contribution in [0.2, 0.25) is 5.02 Å².